The lowest BCUT2D eigenvalue weighted by Crippen LogP contribution is -2.51. The number of aliphatic hydroxyl groups is 1. The molecule has 1 heterocycles. The van der Waals surface area contributed by atoms with Crippen molar-refractivity contribution in [3.8, 4) is 0 Å². The Morgan fingerprint density at radius 3 is 2.47 bits per heavy atom. The van der Waals surface area contributed by atoms with Crippen LogP contribution in [0.25, 0.3) is 10.9 Å². The number of rotatable bonds is 3. The van der Waals surface area contributed by atoms with Gasteiger partial charge >= 0.3 is 0 Å². The maximum absolute atomic E-state index is 10.2. The first-order valence-electron chi connectivity index (χ1n) is 6.36. The van der Waals surface area contributed by atoms with Crippen molar-refractivity contribution < 1.29 is 5.11 Å². The summed E-state index contributed by atoms with van der Waals surface area (Å²) in [5, 5.41) is 14.5. The molecule has 4 heteroatoms. The number of nitrogens with two attached hydrogens (primary N) is 1. The van der Waals surface area contributed by atoms with Crippen LogP contribution < -0.4 is 11.1 Å². The van der Waals surface area contributed by atoms with E-state index < -0.39 is 11.1 Å². The number of benzene rings is 1. The summed E-state index contributed by atoms with van der Waals surface area (Å²) >= 11 is 0. The molecule has 1 aromatic heterocycles. The third-order valence-corrected chi connectivity index (χ3v) is 3.78. The minimum absolute atomic E-state index is 0.492. The average molecular weight is 259 g/mol. The van der Waals surface area contributed by atoms with Gasteiger partial charge < -0.3 is 16.2 Å². The summed E-state index contributed by atoms with van der Waals surface area (Å²) in [4.78, 5) is 4.38. The van der Waals surface area contributed by atoms with E-state index in [0.29, 0.717) is 5.69 Å². The van der Waals surface area contributed by atoms with Gasteiger partial charge in [0.1, 0.15) is 0 Å². The second-order valence-corrected chi connectivity index (χ2v) is 5.91. The van der Waals surface area contributed by atoms with E-state index in [2.05, 4.69) is 10.3 Å². The molecule has 19 heavy (non-hydrogen) atoms. The standard InChI is InChI=1S/C15H21N3O/c1-14(2,15(3,4)19)18-12-8-7-11(16)10-6-5-9-17-13(10)12/h5-9,18-19H,16H2,1-4H3. The molecule has 4 nitrogen and oxygen atoms in total. The number of anilines is 2. The largest absolute Gasteiger partial charge is 0.398 e. The molecule has 0 amide bonds. The van der Waals surface area contributed by atoms with Gasteiger partial charge in [0, 0.05) is 17.3 Å². The van der Waals surface area contributed by atoms with Gasteiger partial charge in [-0.3, -0.25) is 4.98 Å². The molecule has 0 aliphatic heterocycles. The third-order valence-electron chi connectivity index (χ3n) is 3.78. The summed E-state index contributed by atoms with van der Waals surface area (Å²) in [6.45, 7) is 7.48. The van der Waals surface area contributed by atoms with Crippen molar-refractivity contribution in [3.05, 3.63) is 30.5 Å². The van der Waals surface area contributed by atoms with Gasteiger partial charge in [0.25, 0.3) is 0 Å². The van der Waals surface area contributed by atoms with Crippen molar-refractivity contribution in [1.82, 2.24) is 4.98 Å². The highest BCUT2D eigenvalue weighted by Gasteiger charge is 2.35. The van der Waals surface area contributed by atoms with Crippen molar-refractivity contribution in [1.29, 1.82) is 0 Å². The van der Waals surface area contributed by atoms with Crippen LogP contribution in [0.3, 0.4) is 0 Å². The topological polar surface area (TPSA) is 71.2 Å². The van der Waals surface area contributed by atoms with Gasteiger partial charge in [0.15, 0.2) is 0 Å². The Morgan fingerprint density at radius 2 is 1.84 bits per heavy atom. The van der Waals surface area contributed by atoms with Crippen LogP contribution in [-0.4, -0.2) is 21.2 Å². The number of aromatic nitrogens is 1. The molecule has 0 saturated carbocycles. The van der Waals surface area contributed by atoms with Crippen molar-refractivity contribution >= 4 is 22.3 Å². The lowest BCUT2D eigenvalue weighted by molar-refractivity contribution is 0.0241. The van der Waals surface area contributed by atoms with Crippen molar-refractivity contribution in [2.45, 2.75) is 38.8 Å². The number of fused-ring (bicyclic) bond motifs is 1. The first kappa shape index (κ1) is 13.6. The molecule has 0 aliphatic rings. The quantitative estimate of drug-likeness (QED) is 0.741. The smallest absolute Gasteiger partial charge is 0.0954 e. The molecular formula is C15H21N3O. The van der Waals surface area contributed by atoms with Crippen LogP contribution in [0.5, 0.6) is 0 Å². The zero-order valence-electron chi connectivity index (χ0n) is 11.9. The maximum atomic E-state index is 10.2. The third kappa shape index (κ3) is 2.49. The predicted molar refractivity (Wildman–Crippen MR) is 80.2 cm³/mol. The summed E-state index contributed by atoms with van der Waals surface area (Å²) in [7, 11) is 0. The van der Waals surface area contributed by atoms with E-state index in [9.17, 15) is 5.11 Å². The van der Waals surface area contributed by atoms with E-state index in [1.54, 1.807) is 20.0 Å². The van der Waals surface area contributed by atoms with Crippen LogP contribution >= 0.6 is 0 Å². The molecule has 0 unspecified atom stereocenters. The molecule has 0 fully saturated rings. The van der Waals surface area contributed by atoms with Crippen molar-refractivity contribution in [2.75, 3.05) is 11.1 Å². The fourth-order valence-electron chi connectivity index (χ4n) is 1.79. The fourth-order valence-corrected chi connectivity index (χ4v) is 1.79. The summed E-state index contributed by atoms with van der Waals surface area (Å²) < 4.78 is 0. The highest BCUT2D eigenvalue weighted by molar-refractivity contribution is 5.98. The second kappa shape index (κ2) is 4.38. The van der Waals surface area contributed by atoms with E-state index in [1.807, 2.05) is 38.1 Å². The van der Waals surface area contributed by atoms with Crippen LogP contribution in [0.15, 0.2) is 30.5 Å². The summed E-state index contributed by atoms with van der Waals surface area (Å²) in [6, 6.07) is 7.56. The second-order valence-electron chi connectivity index (χ2n) is 5.91. The van der Waals surface area contributed by atoms with Crippen molar-refractivity contribution in [3.63, 3.8) is 0 Å². The van der Waals surface area contributed by atoms with E-state index in [0.717, 1.165) is 16.6 Å². The summed E-state index contributed by atoms with van der Waals surface area (Å²) in [5.74, 6) is 0. The molecule has 0 spiro atoms. The molecule has 0 atom stereocenters. The fraction of sp³-hybridized carbons (Fsp3) is 0.400. The van der Waals surface area contributed by atoms with Gasteiger partial charge in [-0.05, 0) is 52.0 Å². The Hall–Kier alpha value is -1.81. The molecule has 0 radical (unpaired) electrons. The molecule has 0 bridgehead atoms. The zero-order chi connectivity index (χ0) is 14.3. The minimum atomic E-state index is -0.866. The van der Waals surface area contributed by atoms with Gasteiger partial charge in [-0.25, -0.2) is 0 Å². The molecule has 4 N–H and O–H groups in total. The molecule has 1 aromatic carbocycles. The van der Waals surface area contributed by atoms with Crippen LogP contribution in [0.2, 0.25) is 0 Å². The van der Waals surface area contributed by atoms with Gasteiger partial charge in [-0.15, -0.1) is 0 Å². The molecule has 0 aliphatic carbocycles. The monoisotopic (exact) mass is 259 g/mol. The van der Waals surface area contributed by atoms with Crippen LogP contribution in [0.1, 0.15) is 27.7 Å². The van der Waals surface area contributed by atoms with Gasteiger partial charge in [-0.2, -0.15) is 0 Å². The highest BCUT2D eigenvalue weighted by atomic mass is 16.3. The van der Waals surface area contributed by atoms with E-state index >= 15 is 0 Å². The van der Waals surface area contributed by atoms with Gasteiger partial charge in [0.2, 0.25) is 0 Å². The first-order chi connectivity index (χ1) is 8.72. The summed E-state index contributed by atoms with van der Waals surface area (Å²) in [5.41, 5.74) is 6.99. The maximum Gasteiger partial charge on any atom is 0.0954 e. The number of pyridine rings is 1. The molecular weight excluding hydrogens is 238 g/mol. The van der Waals surface area contributed by atoms with Crippen LogP contribution in [-0.2, 0) is 0 Å². The molecule has 0 saturated heterocycles. The number of hydrogen-bond donors (Lipinski definition) is 3. The van der Waals surface area contributed by atoms with E-state index in [1.165, 1.54) is 0 Å². The number of nitrogen functional groups attached to an aromatic ring is 1. The first-order valence-corrected chi connectivity index (χ1v) is 6.36. The molecule has 2 rings (SSSR count). The van der Waals surface area contributed by atoms with E-state index in [-0.39, 0.29) is 0 Å². The number of nitrogens with zero attached hydrogens (tertiary/aromatic N) is 1. The van der Waals surface area contributed by atoms with Gasteiger partial charge in [-0.1, -0.05) is 0 Å². The zero-order valence-corrected chi connectivity index (χ0v) is 11.9. The minimum Gasteiger partial charge on any atom is -0.398 e. The van der Waals surface area contributed by atoms with E-state index in [4.69, 9.17) is 5.73 Å². The van der Waals surface area contributed by atoms with Crippen LogP contribution in [0.4, 0.5) is 11.4 Å². The van der Waals surface area contributed by atoms with Crippen LogP contribution in [0, 0.1) is 0 Å². The van der Waals surface area contributed by atoms with Crippen molar-refractivity contribution in [2.24, 2.45) is 0 Å². The Bertz CT molecular complexity index is 600. The average Bonchev–Trinajstić information content (AvgIpc) is 2.32. The Morgan fingerprint density at radius 1 is 1.16 bits per heavy atom. The normalized spacial score (nSPS) is 12.7. The lowest BCUT2D eigenvalue weighted by atomic mass is 9.85. The highest BCUT2D eigenvalue weighted by Crippen LogP contribution is 2.31. The molecule has 2 aromatic rings. The lowest BCUT2D eigenvalue weighted by Gasteiger charge is -2.39. The number of hydrogen-bond acceptors (Lipinski definition) is 4. The molecule has 102 valence electrons. The Kier molecular flexibility index (Phi) is 3.14. The SMILES string of the molecule is CC(C)(O)C(C)(C)Nc1ccc(N)c2cccnc12. The summed E-state index contributed by atoms with van der Waals surface area (Å²) in [6.07, 6.45) is 1.74. The number of nitrogens with one attached hydrogen (secondary N) is 1. The Labute approximate surface area is 113 Å². The van der Waals surface area contributed by atoms with Gasteiger partial charge in [0.05, 0.1) is 22.3 Å². The predicted octanol–water partition coefficient (Wildman–Crippen LogP) is 2.78. The Balaban J connectivity index is 2.51.